The number of thiol groups is 1. The van der Waals surface area contributed by atoms with Crippen LogP contribution in [0.2, 0.25) is 0 Å². The van der Waals surface area contributed by atoms with Gasteiger partial charge in [-0.3, -0.25) is 27.7 Å². The van der Waals surface area contributed by atoms with Crippen molar-refractivity contribution in [3.63, 3.8) is 0 Å². The van der Waals surface area contributed by atoms with E-state index >= 15 is 0 Å². The zero-order chi connectivity index (χ0) is 43.5. The molecule has 1 aliphatic rings. The third-order valence-electron chi connectivity index (χ3n) is 7.78. The summed E-state index contributed by atoms with van der Waals surface area (Å²) in [4.78, 5) is 70.2. The van der Waals surface area contributed by atoms with Crippen molar-refractivity contribution in [2.24, 2.45) is 0 Å². The van der Waals surface area contributed by atoms with Crippen molar-refractivity contribution < 1.29 is 98.1 Å². The van der Waals surface area contributed by atoms with Gasteiger partial charge >= 0.3 is 35.4 Å². The molecule has 57 heavy (non-hydrogen) atoms. The highest BCUT2D eigenvalue weighted by atomic mass is 32.1. The number of terminal acetylenes is 1. The molecule has 8 atom stereocenters. The summed E-state index contributed by atoms with van der Waals surface area (Å²) in [7, 11) is -16.6. The number of unbranched alkanes of at least 4 members (excludes halogenated alkanes) is 12. The molecule has 0 aromatic heterocycles. The van der Waals surface area contributed by atoms with Crippen molar-refractivity contribution in [2.45, 2.75) is 146 Å². The number of hydrogen-bond donors (Lipinski definition) is 10. The molecule has 0 heterocycles. The van der Waals surface area contributed by atoms with Crippen LogP contribution < -0.4 is 0 Å². The Morgan fingerprint density at radius 3 is 1.58 bits per heavy atom. The van der Waals surface area contributed by atoms with E-state index in [9.17, 15) is 43.5 Å². The molecule has 0 aromatic carbocycles. The molecule has 23 heteroatoms. The Morgan fingerprint density at radius 2 is 1.12 bits per heavy atom. The average Bonchev–Trinajstić information content (AvgIpc) is 3.11. The Balaban J connectivity index is -0.000000501. The van der Waals surface area contributed by atoms with Gasteiger partial charge < -0.3 is 49.6 Å². The van der Waals surface area contributed by atoms with Gasteiger partial charge in [-0.1, -0.05) is 96.6 Å². The van der Waals surface area contributed by atoms with Gasteiger partial charge in [0.2, 0.25) is 0 Å². The molecule has 0 aromatic rings. The molecule has 0 radical (unpaired) electrons. The largest absolute Gasteiger partial charge is 0.481 e. The quantitative estimate of drug-likeness (QED) is 0.0192. The van der Waals surface area contributed by atoms with Crippen molar-refractivity contribution >= 4 is 48.0 Å². The number of phosphoric ester groups is 3. The van der Waals surface area contributed by atoms with Gasteiger partial charge in [0.15, 0.2) is 0 Å². The summed E-state index contributed by atoms with van der Waals surface area (Å²) in [6.45, 7) is 1.16. The van der Waals surface area contributed by atoms with Crippen LogP contribution in [0.1, 0.15) is 110 Å². The Bertz CT molecular complexity index is 1620. The number of carbonyl (C=O) groups excluding carboxylic acids is 1. The van der Waals surface area contributed by atoms with Gasteiger partial charge in [-0.05, 0) is 47.2 Å². The lowest BCUT2D eigenvalue weighted by Gasteiger charge is -2.44. The van der Waals surface area contributed by atoms with Crippen LogP contribution in [0.3, 0.4) is 0 Å². The topological polar surface area (TPSA) is 314 Å². The minimum atomic E-state index is -5.58. The number of rotatable bonds is 26. The number of carboxylic acids is 1. The molecule has 4 unspecified atom stereocenters. The standard InChI is InChI=1S/C26H51O19P3.C8H2S.5H2/c1-2-3-4-5-6-7-8-9-10-11-12-13-14-15-20(29)42-18(16-19(27)28)17-41-48(39,40)45-24-21(30)22(31)25(43-46(33,34)35)26(23(24)32)44-47(36,37)38;1-2-3-4-5-6-7-8-9;;;;;/h18,21-26,30-32H,2-17H2,1H3,(H,27,28)(H,39,40)(H2,33,34,35)(H2,36,37,38);1,9H;5*1H/t18-,21+,22?,23?,24?,25-,26+;;;;;;/m1....../s1. The van der Waals surface area contributed by atoms with Crippen LogP contribution in [0.4, 0.5) is 0 Å². The van der Waals surface area contributed by atoms with E-state index < -0.39 is 91.2 Å². The fraction of sp³-hybridized carbons (Fsp3) is 0.706. The lowest BCUT2D eigenvalue weighted by molar-refractivity contribution is -0.213. The second kappa shape index (κ2) is 29.9. The molecular formula is C34H63O19P3S. The van der Waals surface area contributed by atoms with Gasteiger partial charge in [0.1, 0.15) is 42.7 Å². The Labute approximate surface area is 345 Å². The molecule has 1 saturated carbocycles. The number of aliphatic carboxylic acids is 1. The zero-order valence-corrected chi connectivity index (χ0v) is 34.9. The molecule has 0 amide bonds. The molecular weight excluding hydrogens is 837 g/mol. The molecule has 334 valence electrons. The number of phosphoric acid groups is 3. The van der Waals surface area contributed by atoms with E-state index in [0.717, 1.165) is 32.1 Å². The van der Waals surface area contributed by atoms with E-state index in [1.807, 2.05) is 0 Å². The van der Waals surface area contributed by atoms with Crippen LogP contribution in [-0.4, -0.2) is 106 Å². The maximum absolute atomic E-state index is 12.6. The third kappa shape index (κ3) is 28.0. The summed E-state index contributed by atoms with van der Waals surface area (Å²) in [5.41, 5.74) is 0. The lowest BCUT2D eigenvalue weighted by Crippen LogP contribution is -2.65. The minimum absolute atomic E-state index is 0. The minimum Gasteiger partial charge on any atom is -0.481 e. The Hall–Kier alpha value is -2.26. The first-order valence-corrected chi connectivity index (χ1v) is 22.9. The fourth-order valence-electron chi connectivity index (χ4n) is 5.23. The second-order valence-corrected chi connectivity index (χ2v) is 16.5. The number of esters is 1. The smallest absolute Gasteiger partial charge is 0.472 e. The Morgan fingerprint density at radius 1 is 0.684 bits per heavy atom. The predicted octanol–water partition coefficient (Wildman–Crippen LogP) is 4.16. The number of aliphatic hydroxyl groups is 3. The van der Waals surface area contributed by atoms with Crippen LogP contribution in [0.15, 0.2) is 0 Å². The SMILES string of the molecule is C#CC#CC#CC#CS.CCCCCCCCCCCCCCCC(=O)O[C@@H](COP(=O)(O)OC1C(O)[C@H](OP(=O)(O)O)[C@H](OP(=O)(O)O)C(O)[C@@H]1O)CC(=O)O.[HH].[HH].[HH].[HH].[HH]. The van der Waals surface area contributed by atoms with Gasteiger partial charge in [-0.2, -0.15) is 0 Å². The van der Waals surface area contributed by atoms with E-state index in [0.29, 0.717) is 6.42 Å². The first-order valence-electron chi connectivity index (χ1n) is 17.9. The third-order valence-corrected chi connectivity index (χ3v) is 9.91. The summed E-state index contributed by atoms with van der Waals surface area (Å²) >= 11 is 3.59. The van der Waals surface area contributed by atoms with Gasteiger partial charge in [-0.15, -0.1) is 6.42 Å². The monoisotopic (exact) mass is 900 g/mol. The summed E-state index contributed by atoms with van der Waals surface area (Å²) in [5.74, 6) is 11.8. The van der Waals surface area contributed by atoms with Gasteiger partial charge in [0.25, 0.3) is 0 Å². The molecule has 0 spiro atoms. The van der Waals surface area contributed by atoms with Crippen molar-refractivity contribution in [1.82, 2.24) is 0 Å². The van der Waals surface area contributed by atoms with Crippen LogP contribution >= 0.6 is 36.1 Å². The van der Waals surface area contributed by atoms with Crippen molar-refractivity contribution in [3.05, 3.63) is 0 Å². The maximum Gasteiger partial charge on any atom is 0.472 e. The summed E-state index contributed by atoms with van der Waals surface area (Å²) in [6, 6.07) is 0. The molecule has 19 nitrogen and oxygen atoms in total. The lowest BCUT2D eigenvalue weighted by atomic mass is 9.85. The highest BCUT2D eigenvalue weighted by Crippen LogP contribution is 2.51. The Kier molecular flexibility index (Phi) is 28.7. The molecule has 0 aliphatic heterocycles. The first-order chi connectivity index (χ1) is 26.7. The summed E-state index contributed by atoms with van der Waals surface area (Å²) in [6.07, 6.45) is 1.37. The van der Waals surface area contributed by atoms with Crippen LogP contribution in [-0.2, 0) is 46.1 Å². The second-order valence-electron chi connectivity index (χ2n) is 12.5. The van der Waals surface area contributed by atoms with Gasteiger partial charge in [0, 0.05) is 13.6 Å². The van der Waals surface area contributed by atoms with Crippen LogP contribution in [0.25, 0.3) is 0 Å². The summed E-state index contributed by atoms with van der Waals surface area (Å²) in [5, 5.41) is 42.6. The highest BCUT2D eigenvalue weighted by Gasteiger charge is 2.56. The van der Waals surface area contributed by atoms with E-state index in [2.05, 4.69) is 78.4 Å². The summed E-state index contributed by atoms with van der Waals surface area (Å²) < 4.78 is 58.2. The molecule has 0 bridgehead atoms. The zero-order valence-electron chi connectivity index (χ0n) is 31.3. The van der Waals surface area contributed by atoms with E-state index in [-0.39, 0.29) is 13.6 Å². The molecule has 1 fully saturated rings. The van der Waals surface area contributed by atoms with Crippen molar-refractivity contribution in [2.75, 3.05) is 6.61 Å². The number of hydrogen-bond acceptors (Lipinski definition) is 14. The van der Waals surface area contributed by atoms with Gasteiger partial charge in [-0.25, -0.2) is 13.7 Å². The predicted molar refractivity (Wildman–Crippen MR) is 217 cm³/mol. The van der Waals surface area contributed by atoms with E-state index in [4.69, 9.17) is 35.8 Å². The van der Waals surface area contributed by atoms with Crippen molar-refractivity contribution in [1.29, 1.82) is 0 Å². The van der Waals surface area contributed by atoms with Crippen molar-refractivity contribution in [3.8, 4) is 47.2 Å². The molecule has 0 saturated heterocycles. The molecule has 9 N–H and O–H groups in total. The number of carboxylic acid groups (broad SMARTS) is 1. The number of ether oxygens (including phenoxy) is 1. The average molecular weight is 901 g/mol. The van der Waals surface area contributed by atoms with E-state index in [1.54, 1.807) is 0 Å². The first kappa shape index (κ1) is 54.7. The van der Waals surface area contributed by atoms with Crippen LogP contribution in [0.5, 0.6) is 0 Å². The number of carbonyl (C=O) groups is 2. The molecule has 1 rings (SSSR count). The van der Waals surface area contributed by atoms with E-state index in [1.165, 1.54) is 44.9 Å². The maximum atomic E-state index is 12.6. The highest BCUT2D eigenvalue weighted by molar-refractivity contribution is 7.85. The normalized spacial score (nSPS) is 21.9. The van der Waals surface area contributed by atoms with Crippen LogP contribution in [0, 0.1) is 47.2 Å². The van der Waals surface area contributed by atoms with Gasteiger partial charge in [0.05, 0.1) is 13.0 Å². The fourth-order valence-corrected chi connectivity index (χ4v) is 7.39. The number of aliphatic hydroxyl groups excluding tert-OH is 3. The molecule has 1 aliphatic carbocycles.